The molecule has 0 aliphatic carbocycles. The molecule has 1 atom stereocenters. The van der Waals surface area contributed by atoms with E-state index < -0.39 is 34.1 Å². The van der Waals surface area contributed by atoms with E-state index in [1.165, 1.54) is 24.1 Å². The number of hydrogen-bond acceptors (Lipinski definition) is 5. The molecule has 0 fully saturated rings. The average Bonchev–Trinajstić information content (AvgIpc) is 2.92. The van der Waals surface area contributed by atoms with Crippen LogP contribution in [-0.4, -0.2) is 50.4 Å². The number of amides is 2. The summed E-state index contributed by atoms with van der Waals surface area (Å²) in [5.41, 5.74) is 0.182. The predicted octanol–water partition coefficient (Wildman–Crippen LogP) is 5.92. The summed E-state index contributed by atoms with van der Waals surface area (Å²) in [6.07, 6.45) is 0.277. The monoisotopic (exact) mass is 619 g/mol. The molecular formula is C30H35Cl2N3O5S. The van der Waals surface area contributed by atoms with Gasteiger partial charge in [0.2, 0.25) is 11.8 Å². The molecule has 0 bridgehead atoms. The lowest BCUT2D eigenvalue weighted by Crippen LogP contribution is -2.55. The van der Waals surface area contributed by atoms with Gasteiger partial charge in [-0.15, -0.1) is 0 Å². The Morgan fingerprint density at radius 3 is 2.20 bits per heavy atom. The van der Waals surface area contributed by atoms with Crippen LogP contribution in [0.25, 0.3) is 0 Å². The van der Waals surface area contributed by atoms with Gasteiger partial charge in [-0.2, -0.15) is 0 Å². The zero-order chi connectivity index (χ0) is 30.4. The number of halogens is 2. The van der Waals surface area contributed by atoms with E-state index in [9.17, 15) is 18.0 Å². The number of carbonyl (C=O) groups excluding carboxylic acids is 2. The van der Waals surface area contributed by atoms with E-state index in [4.69, 9.17) is 27.9 Å². The molecule has 220 valence electrons. The van der Waals surface area contributed by atoms with Gasteiger partial charge in [-0.25, -0.2) is 8.42 Å². The van der Waals surface area contributed by atoms with Gasteiger partial charge < -0.3 is 15.0 Å². The molecule has 0 aliphatic heterocycles. The SMILES string of the molecule is CC[C@@H](C(=O)NC(C)(C)C)N(Cc1ccc(Cl)cc1Cl)C(=O)CN(c1ccccc1OC)S(=O)(=O)c1ccccc1. The van der Waals surface area contributed by atoms with Crippen molar-refractivity contribution in [2.24, 2.45) is 0 Å². The van der Waals surface area contributed by atoms with Gasteiger partial charge in [0.15, 0.2) is 0 Å². The first kappa shape index (κ1) is 32.2. The summed E-state index contributed by atoms with van der Waals surface area (Å²) >= 11 is 12.5. The normalized spacial score (nSPS) is 12.4. The maximum Gasteiger partial charge on any atom is 0.264 e. The third-order valence-corrected chi connectivity index (χ3v) is 8.56. The van der Waals surface area contributed by atoms with E-state index in [0.29, 0.717) is 15.6 Å². The lowest BCUT2D eigenvalue weighted by molar-refractivity contribution is -0.141. The fourth-order valence-electron chi connectivity index (χ4n) is 4.27. The fourth-order valence-corrected chi connectivity index (χ4v) is 6.19. The number of hydrogen-bond donors (Lipinski definition) is 1. The zero-order valence-corrected chi connectivity index (χ0v) is 26.1. The van der Waals surface area contributed by atoms with Crippen molar-refractivity contribution >= 4 is 50.7 Å². The molecule has 0 aliphatic rings. The Morgan fingerprint density at radius 1 is 0.976 bits per heavy atom. The van der Waals surface area contributed by atoms with E-state index in [0.717, 1.165) is 4.31 Å². The third-order valence-electron chi connectivity index (χ3n) is 6.20. The molecule has 0 radical (unpaired) electrons. The summed E-state index contributed by atoms with van der Waals surface area (Å²) in [5.74, 6) is -0.699. The lowest BCUT2D eigenvalue weighted by Gasteiger charge is -2.35. The summed E-state index contributed by atoms with van der Waals surface area (Å²) in [5, 5.41) is 3.68. The Kier molecular flexibility index (Phi) is 10.7. The van der Waals surface area contributed by atoms with Gasteiger partial charge in [-0.3, -0.25) is 13.9 Å². The zero-order valence-electron chi connectivity index (χ0n) is 23.7. The van der Waals surface area contributed by atoms with Gasteiger partial charge in [0.05, 0.1) is 17.7 Å². The maximum absolute atomic E-state index is 14.2. The van der Waals surface area contributed by atoms with Gasteiger partial charge >= 0.3 is 0 Å². The first-order valence-corrected chi connectivity index (χ1v) is 15.2. The van der Waals surface area contributed by atoms with Gasteiger partial charge in [0.25, 0.3) is 10.0 Å². The van der Waals surface area contributed by atoms with Crippen LogP contribution < -0.4 is 14.4 Å². The Morgan fingerprint density at radius 2 is 1.61 bits per heavy atom. The second kappa shape index (κ2) is 13.6. The van der Waals surface area contributed by atoms with Crippen LogP contribution in [0.3, 0.4) is 0 Å². The van der Waals surface area contributed by atoms with Crippen molar-refractivity contribution < 1.29 is 22.7 Å². The highest BCUT2D eigenvalue weighted by molar-refractivity contribution is 7.92. The van der Waals surface area contributed by atoms with E-state index >= 15 is 0 Å². The van der Waals surface area contributed by atoms with E-state index in [2.05, 4.69) is 5.32 Å². The molecule has 0 aromatic heterocycles. The quantitative estimate of drug-likeness (QED) is 0.287. The van der Waals surface area contributed by atoms with E-state index in [1.54, 1.807) is 67.6 Å². The maximum atomic E-state index is 14.2. The molecule has 0 unspecified atom stereocenters. The highest BCUT2D eigenvalue weighted by Crippen LogP contribution is 2.33. The molecule has 0 heterocycles. The Hall–Kier alpha value is -3.27. The molecule has 0 saturated carbocycles. The standard InChI is InChI=1S/C30H35Cl2N3O5S/c1-6-25(29(37)33-30(2,3)4)34(19-21-16-17-22(31)18-24(21)32)28(36)20-35(26-14-10-11-15-27(26)40-5)41(38,39)23-12-8-7-9-13-23/h7-18,25H,6,19-20H2,1-5H3,(H,33,37)/t25-/m0/s1. The summed E-state index contributed by atoms with van der Waals surface area (Å²) < 4.78 is 34.4. The Labute approximate surface area is 252 Å². The van der Waals surface area contributed by atoms with Crippen molar-refractivity contribution in [2.45, 2.75) is 57.1 Å². The molecule has 11 heteroatoms. The van der Waals surface area contributed by atoms with Crippen molar-refractivity contribution in [3.05, 3.63) is 88.4 Å². The number of sulfonamides is 1. The number of nitrogens with zero attached hydrogens (tertiary/aromatic N) is 2. The molecule has 41 heavy (non-hydrogen) atoms. The van der Waals surface area contributed by atoms with Crippen LogP contribution in [0, 0.1) is 0 Å². The van der Waals surface area contributed by atoms with E-state index in [1.807, 2.05) is 20.8 Å². The largest absolute Gasteiger partial charge is 0.495 e. The summed E-state index contributed by atoms with van der Waals surface area (Å²) in [4.78, 5) is 29.0. The summed E-state index contributed by atoms with van der Waals surface area (Å²) in [7, 11) is -2.80. The molecule has 1 N–H and O–H groups in total. The molecule has 0 spiro atoms. The first-order chi connectivity index (χ1) is 19.3. The summed E-state index contributed by atoms with van der Waals surface area (Å²) in [6, 6.07) is 18.3. The minimum atomic E-state index is -4.22. The molecule has 3 aromatic carbocycles. The van der Waals surface area contributed by atoms with Crippen molar-refractivity contribution in [1.82, 2.24) is 10.2 Å². The number of rotatable bonds is 11. The van der Waals surface area contributed by atoms with Crippen LogP contribution >= 0.6 is 23.2 Å². The number of benzene rings is 3. The smallest absolute Gasteiger partial charge is 0.264 e. The minimum Gasteiger partial charge on any atom is -0.495 e. The van der Waals surface area contributed by atoms with Crippen molar-refractivity contribution in [3.63, 3.8) is 0 Å². The number of nitrogens with one attached hydrogen (secondary N) is 1. The van der Waals surface area contributed by atoms with Gasteiger partial charge in [0.1, 0.15) is 18.3 Å². The molecule has 2 amide bonds. The van der Waals surface area contributed by atoms with Crippen LogP contribution in [0.4, 0.5) is 5.69 Å². The molecule has 3 aromatic rings. The number of ether oxygens (including phenoxy) is 1. The summed E-state index contributed by atoms with van der Waals surface area (Å²) in [6.45, 7) is 6.68. The van der Waals surface area contributed by atoms with Crippen LogP contribution in [0.1, 0.15) is 39.7 Å². The predicted molar refractivity (Wildman–Crippen MR) is 163 cm³/mol. The number of para-hydroxylation sites is 2. The highest BCUT2D eigenvalue weighted by atomic mass is 35.5. The Bertz CT molecular complexity index is 1480. The topological polar surface area (TPSA) is 96.0 Å². The van der Waals surface area contributed by atoms with Crippen LogP contribution in [0.2, 0.25) is 10.0 Å². The van der Waals surface area contributed by atoms with Crippen molar-refractivity contribution in [2.75, 3.05) is 18.0 Å². The average molecular weight is 621 g/mol. The van der Waals surface area contributed by atoms with Crippen molar-refractivity contribution in [3.8, 4) is 5.75 Å². The van der Waals surface area contributed by atoms with Crippen LogP contribution in [0.5, 0.6) is 5.75 Å². The minimum absolute atomic E-state index is 0.00326. The third kappa shape index (κ3) is 8.15. The van der Waals surface area contributed by atoms with Crippen molar-refractivity contribution in [1.29, 1.82) is 0 Å². The lowest BCUT2D eigenvalue weighted by atomic mass is 10.1. The molecule has 8 nitrogen and oxygen atoms in total. The van der Waals surface area contributed by atoms with Crippen LogP contribution in [-0.2, 0) is 26.2 Å². The first-order valence-electron chi connectivity index (χ1n) is 13.0. The number of carbonyl (C=O) groups is 2. The second-order valence-corrected chi connectivity index (χ2v) is 13.1. The second-order valence-electron chi connectivity index (χ2n) is 10.4. The van der Waals surface area contributed by atoms with Gasteiger partial charge in [0, 0.05) is 22.1 Å². The Balaban J connectivity index is 2.12. The number of anilines is 1. The number of methoxy groups -OCH3 is 1. The van der Waals surface area contributed by atoms with Crippen LogP contribution in [0.15, 0.2) is 77.7 Å². The van der Waals surface area contributed by atoms with Gasteiger partial charge in [-0.1, -0.05) is 66.5 Å². The molecular weight excluding hydrogens is 585 g/mol. The molecule has 3 rings (SSSR count). The fraction of sp³-hybridized carbons (Fsp3) is 0.333. The molecule has 0 saturated heterocycles. The van der Waals surface area contributed by atoms with E-state index in [-0.39, 0.29) is 35.2 Å². The highest BCUT2D eigenvalue weighted by Gasteiger charge is 2.35. The van der Waals surface area contributed by atoms with Gasteiger partial charge in [-0.05, 0) is 69.2 Å².